The third kappa shape index (κ3) is 4.44. The number of amides is 1. The number of thiazole rings is 1. The minimum atomic E-state index is -0.418. The fourth-order valence-corrected chi connectivity index (χ4v) is 5.19. The number of hydrogen-bond acceptors (Lipinski definition) is 7. The van der Waals surface area contributed by atoms with Crippen LogP contribution in [0.25, 0.3) is 21.5 Å². The predicted octanol–water partition coefficient (Wildman–Crippen LogP) is 5.03. The summed E-state index contributed by atoms with van der Waals surface area (Å²) in [5.41, 5.74) is 1.54. The van der Waals surface area contributed by atoms with Gasteiger partial charge in [0.15, 0.2) is 5.13 Å². The van der Waals surface area contributed by atoms with Crippen LogP contribution < -0.4 is 4.90 Å². The smallest absolute Gasteiger partial charge is 0.266 e. The summed E-state index contributed by atoms with van der Waals surface area (Å²) in [4.78, 5) is 22.3. The van der Waals surface area contributed by atoms with Crippen LogP contribution in [-0.4, -0.2) is 60.3 Å². The number of carbonyl (C=O) groups is 1. The molecule has 1 amide bonds. The Morgan fingerprint density at radius 2 is 2.00 bits per heavy atom. The number of anilines is 1. The molecule has 1 aliphatic heterocycles. The second-order valence-electron chi connectivity index (χ2n) is 7.94. The maximum Gasteiger partial charge on any atom is 0.266 e. The lowest BCUT2D eigenvalue weighted by atomic mass is 10.1. The zero-order valence-corrected chi connectivity index (χ0v) is 20.0. The zero-order chi connectivity index (χ0) is 23.7. The van der Waals surface area contributed by atoms with Crippen molar-refractivity contribution in [2.45, 2.75) is 6.92 Å². The first-order valence-corrected chi connectivity index (χ1v) is 12.1. The molecule has 4 aromatic rings. The van der Waals surface area contributed by atoms with E-state index in [4.69, 9.17) is 20.9 Å². The lowest BCUT2D eigenvalue weighted by Crippen LogP contribution is -2.43. The molecule has 0 atom stereocenters. The molecule has 0 aliphatic carbocycles. The monoisotopic (exact) mass is 500 g/mol. The van der Waals surface area contributed by atoms with Gasteiger partial charge in [0.25, 0.3) is 5.91 Å². The van der Waals surface area contributed by atoms with Gasteiger partial charge in [0.1, 0.15) is 28.4 Å². The summed E-state index contributed by atoms with van der Waals surface area (Å²) in [5.74, 6) is -0.358. The highest BCUT2D eigenvalue weighted by molar-refractivity contribution is 7.22. The highest BCUT2D eigenvalue weighted by Crippen LogP contribution is 2.35. The normalized spacial score (nSPS) is 14.6. The molecule has 176 valence electrons. The van der Waals surface area contributed by atoms with Gasteiger partial charge in [0.05, 0.1) is 22.9 Å². The molecule has 7 nitrogen and oxygen atoms in total. The molecule has 10 heteroatoms. The van der Waals surface area contributed by atoms with Gasteiger partial charge >= 0.3 is 0 Å². The molecule has 0 unspecified atom stereocenters. The Kier molecular flexibility index (Phi) is 6.60. The fourth-order valence-electron chi connectivity index (χ4n) is 3.96. The van der Waals surface area contributed by atoms with E-state index in [9.17, 15) is 9.18 Å². The van der Waals surface area contributed by atoms with E-state index >= 15 is 0 Å². The first kappa shape index (κ1) is 22.9. The molecule has 0 bridgehead atoms. The molecule has 1 aliphatic rings. The van der Waals surface area contributed by atoms with Gasteiger partial charge in [0, 0.05) is 31.7 Å². The van der Waals surface area contributed by atoms with Crippen molar-refractivity contribution in [2.75, 3.05) is 44.3 Å². The van der Waals surface area contributed by atoms with Gasteiger partial charge in [0.2, 0.25) is 0 Å². The van der Waals surface area contributed by atoms with E-state index in [0.29, 0.717) is 63.7 Å². The van der Waals surface area contributed by atoms with Gasteiger partial charge in [-0.15, -0.1) is 0 Å². The van der Waals surface area contributed by atoms with E-state index in [1.54, 1.807) is 36.1 Å². The van der Waals surface area contributed by atoms with Crippen LogP contribution >= 0.6 is 22.9 Å². The van der Waals surface area contributed by atoms with Crippen LogP contribution in [0.4, 0.5) is 9.52 Å². The van der Waals surface area contributed by atoms with Gasteiger partial charge in [-0.3, -0.25) is 14.6 Å². The number of aromatic nitrogens is 2. The molecule has 0 saturated carbocycles. The highest BCUT2D eigenvalue weighted by Gasteiger charge is 2.30. The van der Waals surface area contributed by atoms with Crippen LogP contribution in [0.2, 0.25) is 5.02 Å². The minimum Gasteiger partial charge on any atom is -0.379 e. The molecular formula is C24H22ClFN4O3S. The standard InChI is InChI=1S/C24H22ClFN4O3S/c1-15-20(21(28-33-15)16-5-2-3-6-17(16)25)23(31)30(10-9-29-11-13-32-14-12-29)24-27-22-18(26)7-4-8-19(22)34-24/h2-8H,9-14H2,1H3. The van der Waals surface area contributed by atoms with Crippen molar-refractivity contribution in [1.82, 2.24) is 15.0 Å². The number of para-hydroxylation sites is 1. The van der Waals surface area contributed by atoms with Crippen molar-refractivity contribution in [3.63, 3.8) is 0 Å². The number of nitrogens with zero attached hydrogens (tertiary/aromatic N) is 4. The summed E-state index contributed by atoms with van der Waals surface area (Å²) in [6, 6.07) is 12.0. The van der Waals surface area contributed by atoms with Gasteiger partial charge in [-0.1, -0.05) is 52.4 Å². The zero-order valence-electron chi connectivity index (χ0n) is 18.5. The maximum absolute atomic E-state index is 14.4. The molecule has 34 heavy (non-hydrogen) atoms. The number of fused-ring (bicyclic) bond motifs is 1. The SMILES string of the molecule is Cc1onc(-c2ccccc2Cl)c1C(=O)N(CCN1CCOCC1)c1nc2c(F)cccc2s1. The number of halogens is 2. The number of benzene rings is 2. The van der Waals surface area contributed by atoms with Crippen LogP contribution in [0.15, 0.2) is 47.0 Å². The lowest BCUT2D eigenvalue weighted by Gasteiger charge is -2.29. The lowest BCUT2D eigenvalue weighted by molar-refractivity contribution is 0.0391. The van der Waals surface area contributed by atoms with Gasteiger partial charge < -0.3 is 9.26 Å². The Morgan fingerprint density at radius 3 is 2.76 bits per heavy atom. The Labute approximate surface area is 204 Å². The Balaban J connectivity index is 1.55. The van der Waals surface area contributed by atoms with E-state index in [2.05, 4.69) is 15.0 Å². The van der Waals surface area contributed by atoms with E-state index in [0.717, 1.165) is 13.1 Å². The Hall–Kier alpha value is -2.85. The number of hydrogen-bond donors (Lipinski definition) is 0. The van der Waals surface area contributed by atoms with E-state index < -0.39 is 5.82 Å². The summed E-state index contributed by atoms with van der Waals surface area (Å²) in [6.45, 7) is 5.57. The van der Waals surface area contributed by atoms with E-state index in [1.807, 2.05) is 12.1 Å². The minimum absolute atomic E-state index is 0.250. The topological polar surface area (TPSA) is 71.7 Å². The summed E-state index contributed by atoms with van der Waals surface area (Å²) in [7, 11) is 0. The summed E-state index contributed by atoms with van der Waals surface area (Å²) >= 11 is 7.67. The third-order valence-corrected chi connectivity index (χ3v) is 7.16. The molecule has 0 N–H and O–H groups in total. The molecule has 2 aromatic heterocycles. The highest BCUT2D eigenvalue weighted by atomic mass is 35.5. The van der Waals surface area contributed by atoms with Crippen molar-refractivity contribution in [2.24, 2.45) is 0 Å². The average Bonchev–Trinajstić information content (AvgIpc) is 3.44. The van der Waals surface area contributed by atoms with Crippen molar-refractivity contribution in [1.29, 1.82) is 0 Å². The second-order valence-corrected chi connectivity index (χ2v) is 9.35. The maximum atomic E-state index is 14.4. The summed E-state index contributed by atoms with van der Waals surface area (Å²) < 4.78 is 25.9. The van der Waals surface area contributed by atoms with Crippen molar-refractivity contribution >= 4 is 44.2 Å². The van der Waals surface area contributed by atoms with Crippen molar-refractivity contribution in [3.05, 3.63) is 64.6 Å². The number of rotatable bonds is 6. The first-order valence-electron chi connectivity index (χ1n) is 10.9. The van der Waals surface area contributed by atoms with Crippen molar-refractivity contribution in [3.8, 4) is 11.3 Å². The third-order valence-electron chi connectivity index (χ3n) is 5.78. The molecular weight excluding hydrogens is 479 g/mol. The van der Waals surface area contributed by atoms with Crippen LogP contribution in [0.5, 0.6) is 0 Å². The van der Waals surface area contributed by atoms with Crippen molar-refractivity contribution < 1.29 is 18.4 Å². The number of carbonyl (C=O) groups excluding carboxylic acids is 1. The van der Waals surface area contributed by atoms with Crippen LogP contribution in [0.1, 0.15) is 16.1 Å². The largest absolute Gasteiger partial charge is 0.379 e. The molecule has 0 radical (unpaired) electrons. The molecule has 1 fully saturated rings. The van der Waals surface area contributed by atoms with E-state index in [1.165, 1.54) is 17.4 Å². The molecule has 5 rings (SSSR count). The average molecular weight is 501 g/mol. The Morgan fingerprint density at radius 1 is 1.21 bits per heavy atom. The number of ether oxygens (including phenoxy) is 1. The second kappa shape index (κ2) is 9.79. The van der Waals surface area contributed by atoms with Crippen LogP contribution in [0, 0.1) is 12.7 Å². The molecule has 2 aromatic carbocycles. The van der Waals surface area contributed by atoms with E-state index in [-0.39, 0.29) is 11.4 Å². The Bertz CT molecular complexity index is 1340. The number of morpholine rings is 1. The summed E-state index contributed by atoms with van der Waals surface area (Å²) in [5, 5.41) is 5.02. The van der Waals surface area contributed by atoms with Gasteiger partial charge in [-0.05, 0) is 25.1 Å². The molecule has 1 saturated heterocycles. The number of aryl methyl sites for hydroxylation is 1. The predicted molar refractivity (Wildman–Crippen MR) is 130 cm³/mol. The quantitative estimate of drug-likeness (QED) is 0.370. The van der Waals surface area contributed by atoms with Crippen LogP contribution in [0.3, 0.4) is 0 Å². The molecule has 0 spiro atoms. The summed E-state index contributed by atoms with van der Waals surface area (Å²) in [6.07, 6.45) is 0. The molecule has 3 heterocycles. The van der Waals surface area contributed by atoms with Gasteiger partial charge in [-0.25, -0.2) is 9.37 Å². The van der Waals surface area contributed by atoms with Crippen LogP contribution in [-0.2, 0) is 4.74 Å². The van der Waals surface area contributed by atoms with Gasteiger partial charge in [-0.2, -0.15) is 0 Å². The first-order chi connectivity index (χ1) is 16.5. The fraction of sp³-hybridized carbons (Fsp3) is 0.292.